The number of carbonyl (C=O) groups excluding carboxylic acids is 1. The van der Waals surface area contributed by atoms with Gasteiger partial charge in [-0.15, -0.1) is 0 Å². The van der Waals surface area contributed by atoms with Gasteiger partial charge in [-0.25, -0.2) is 0 Å². The molecule has 1 amide bonds. The third-order valence-electron chi connectivity index (χ3n) is 3.37. The van der Waals surface area contributed by atoms with Crippen LogP contribution in [0.4, 0.5) is 0 Å². The Labute approximate surface area is 101 Å². The molecule has 1 heterocycles. The lowest BCUT2D eigenvalue weighted by Gasteiger charge is -2.26. The van der Waals surface area contributed by atoms with Gasteiger partial charge in [-0.3, -0.25) is 4.79 Å². The van der Waals surface area contributed by atoms with Crippen molar-refractivity contribution in [1.29, 1.82) is 0 Å². The number of nitrogens with zero attached hydrogens (tertiary/aromatic N) is 1. The van der Waals surface area contributed by atoms with Crippen LogP contribution in [0.25, 0.3) is 0 Å². The van der Waals surface area contributed by atoms with Crippen molar-refractivity contribution < 1.29 is 9.53 Å². The van der Waals surface area contributed by atoms with E-state index in [4.69, 9.17) is 22.7 Å². The molecule has 1 saturated heterocycles. The molecule has 16 heavy (non-hydrogen) atoms. The Morgan fingerprint density at radius 1 is 1.56 bits per heavy atom. The lowest BCUT2D eigenvalue weighted by molar-refractivity contribution is -0.135. The number of carbonyl (C=O) groups is 1. The van der Waals surface area contributed by atoms with E-state index < -0.39 is 5.41 Å². The first-order valence-corrected chi connectivity index (χ1v) is 6.18. The number of amides is 1. The van der Waals surface area contributed by atoms with Gasteiger partial charge in [0.05, 0.1) is 16.5 Å². The molecule has 2 fully saturated rings. The van der Waals surface area contributed by atoms with Gasteiger partial charge in [0.1, 0.15) is 0 Å². The molecular weight excluding hydrogens is 224 g/mol. The zero-order chi connectivity index (χ0) is 11.8. The quantitative estimate of drug-likeness (QED) is 0.724. The third kappa shape index (κ3) is 2.06. The van der Waals surface area contributed by atoms with Crippen molar-refractivity contribution in [2.45, 2.75) is 32.3 Å². The van der Waals surface area contributed by atoms with Crippen LogP contribution in [0.3, 0.4) is 0 Å². The molecule has 90 valence electrons. The molecule has 0 aromatic carbocycles. The summed E-state index contributed by atoms with van der Waals surface area (Å²) in [6.07, 6.45) is 2.62. The van der Waals surface area contributed by atoms with Crippen LogP contribution in [-0.4, -0.2) is 41.6 Å². The average Bonchev–Trinajstić information content (AvgIpc) is 3.01. The first kappa shape index (κ1) is 11.8. The van der Waals surface area contributed by atoms with Crippen molar-refractivity contribution in [2.24, 2.45) is 11.1 Å². The van der Waals surface area contributed by atoms with Gasteiger partial charge in [0, 0.05) is 19.7 Å². The van der Waals surface area contributed by atoms with E-state index >= 15 is 0 Å². The van der Waals surface area contributed by atoms with Crippen LogP contribution in [0, 0.1) is 5.41 Å². The van der Waals surface area contributed by atoms with Crippen LogP contribution in [0.1, 0.15) is 26.2 Å². The summed E-state index contributed by atoms with van der Waals surface area (Å²) in [5.74, 6) is 0.109. The van der Waals surface area contributed by atoms with Crippen molar-refractivity contribution in [2.75, 3.05) is 19.7 Å². The topological polar surface area (TPSA) is 55.6 Å². The third-order valence-corrected chi connectivity index (χ3v) is 3.76. The van der Waals surface area contributed by atoms with Crippen molar-refractivity contribution in [3.63, 3.8) is 0 Å². The molecule has 1 aliphatic heterocycles. The first-order valence-electron chi connectivity index (χ1n) is 5.77. The molecule has 1 saturated carbocycles. The van der Waals surface area contributed by atoms with Crippen LogP contribution in [0.15, 0.2) is 0 Å². The standard InChI is InChI=1S/C11H18N2O2S/c1-8-7-13(5-2-6-15-8)10(14)11(3-4-11)9(12)16/h8H,2-7H2,1H3,(H2,12,16). The summed E-state index contributed by atoms with van der Waals surface area (Å²) in [6.45, 7) is 4.13. The molecule has 0 bridgehead atoms. The number of ether oxygens (including phenoxy) is 1. The zero-order valence-electron chi connectivity index (χ0n) is 9.57. The number of hydrogen-bond acceptors (Lipinski definition) is 3. The molecule has 2 rings (SSSR count). The molecule has 5 heteroatoms. The lowest BCUT2D eigenvalue weighted by Crippen LogP contribution is -2.45. The fraction of sp³-hybridized carbons (Fsp3) is 0.818. The minimum atomic E-state index is -0.514. The summed E-state index contributed by atoms with van der Waals surface area (Å²) >= 11 is 5.00. The summed E-state index contributed by atoms with van der Waals surface area (Å²) in [5, 5.41) is 0. The number of hydrogen-bond donors (Lipinski definition) is 1. The van der Waals surface area contributed by atoms with Gasteiger partial charge in [-0.2, -0.15) is 0 Å². The number of rotatable bonds is 2. The molecule has 2 aliphatic rings. The molecule has 0 spiro atoms. The van der Waals surface area contributed by atoms with E-state index in [1.54, 1.807) is 0 Å². The van der Waals surface area contributed by atoms with E-state index in [2.05, 4.69) is 0 Å². The van der Waals surface area contributed by atoms with Gasteiger partial charge in [-0.1, -0.05) is 12.2 Å². The van der Waals surface area contributed by atoms with Gasteiger partial charge >= 0.3 is 0 Å². The highest BCUT2D eigenvalue weighted by Crippen LogP contribution is 2.47. The van der Waals surface area contributed by atoms with E-state index in [0.29, 0.717) is 11.5 Å². The second-order valence-electron chi connectivity index (χ2n) is 4.73. The molecule has 1 atom stereocenters. The van der Waals surface area contributed by atoms with E-state index in [1.165, 1.54) is 0 Å². The monoisotopic (exact) mass is 242 g/mol. The Morgan fingerprint density at radius 2 is 2.25 bits per heavy atom. The maximum Gasteiger partial charge on any atom is 0.235 e. The van der Waals surface area contributed by atoms with Crippen LogP contribution in [0.5, 0.6) is 0 Å². The normalized spacial score (nSPS) is 28.3. The maximum atomic E-state index is 12.3. The largest absolute Gasteiger partial charge is 0.392 e. The highest BCUT2D eigenvalue weighted by atomic mass is 32.1. The van der Waals surface area contributed by atoms with Crippen LogP contribution in [0.2, 0.25) is 0 Å². The molecule has 0 radical (unpaired) electrons. The Bertz CT molecular complexity index is 315. The molecule has 0 aromatic rings. The zero-order valence-corrected chi connectivity index (χ0v) is 10.4. The van der Waals surface area contributed by atoms with Crippen LogP contribution >= 0.6 is 12.2 Å². The molecule has 0 aromatic heterocycles. The molecular formula is C11H18N2O2S. The van der Waals surface area contributed by atoms with Gasteiger partial charge in [-0.05, 0) is 26.2 Å². The lowest BCUT2D eigenvalue weighted by atomic mass is 10.1. The summed E-state index contributed by atoms with van der Waals surface area (Å²) in [5.41, 5.74) is 5.15. The summed E-state index contributed by atoms with van der Waals surface area (Å²) in [4.78, 5) is 14.5. The molecule has 2 N–H and O–H groups in total. The Morgan fingerprint density at radius 3 is 2.81 bits per heavy atom. The predicted octanol–water partition coefficient (Wildman–Crippen LogP) is 0.690. The summed E-state index contributed by atoms with van der Waals surface area (Å²) in [6, 6.07) is 0. The van der Waals surface area contributed by atoms with Gasteiger partial charge in [0.2, 0.25) is 5.91 Å². The van der Waals surface area contributed by atoms with Crippen molar-refractivity contribution in [1.82, 2.24) is 4.90 Å². The van der Waals surface area contributed by atoms with Crippen LogP contribution in [-0.2, 0) is 9.53 Å². The van der Waals surface area contributed by atoms with E-state index in [9.17, 15) is 4.79 Å². The van der Waals surface area contributed by atoms with Crippen molar-refractivity contribution in [3.05, 3.63) is 0 Å². The number of nitrogens with two attached hydrogens (primary N) is 1. The Kier molecular flexibility index (Phi) is 3.17. The van der Waals surface area contributed by atoms with E-state index in [1.807, 2.05) is 11.8 Å². The average molecular weight is 242 g/mol. The van der Waals surface area contributed by atoms with Crippen LogP contribution < -0.4 is 5.73 Å². The second kappa shape index (κ2) is 4.30. The highest BCUT2D eigenvalue weighted by molar-refractivity contribution is 7.80. The fourth-order valence-electron chi connectivity index (χ4n) is 2.17. The molecule has 4 nitrogen and oxygen atoms in total. The molecule has 1 unspecified atom stereocenters. The van der Waals surface area contributed by atoms with E-state index in [0.717, 1.165) is 32.4 Å². The minimum absolute atomic E-state index is 0.105. The Hall–Kier alpha value is -0.680. The van der Waals surface area contributed by atoms with Gasteiger partial charge < -0.3 is 15.4 Å². The highest BCUT2D eigenvalue weighted by Gasteiger charge is 2.54. The maximum absolute atomic E-state index is 12.3. The smallest absolute Gasteiger partial charge is 0.235 e. The SMILES string of the molecule is CC1CN(C(=O)C2(C(N)=S)CC2)CCCO1. The molecule has 1 aliphatic carbocycles. The minimum Gasteiger partial charge on any atom is -0.392 e. The van der Waals surface area contributed by atoms with Crippen molar-refractivity contribution in [3.8, 4) is 0 Å². The first-order chi connectivity index (χ1) is 7.56. The number of thiocarbonyl (C=S) groups is 1. The second-order valence-corrected chi connectivity index (χ2v) is 5.17. The van der Waals surface area contributed by atoms with E-state index in [-0.39, 0.29) is 12.0 Å². The summed E-state index contributed by atoms with van der Waals surface area (Å²) < 4.78 is 5.52. The summed E-state index contributed by atoms with van der Waals surface area (Å²) in [7, 11) is 0. The predicted molar refractivity (Wildman–Crippen MR) is 65.1 cm³/mol. The van der Waals surface area contributed by atoms with Gasteiger partial charge in [0.25, 0.3) is 0 Å². The Balaban J connectivity index is 2.06. The fourth-order valence-corrected chi connectivity index (χ4v) is 2.46. The van der Waals surface area contributed by atoms with Gasteiger partial charge in [0.15, 0.2) is 0 Å². The van der Waals surface area contributed by atoms with Crippen molar-refractivity contribution >= 4 is 23.1 Å².